The Hall–Kier alpha value is -3.14. The van der Waals surface area contributed by atoms with Gasteiger partial charge >= 0.3 is 0 Å². The molecule has 1 N–H and O–H groups in total. The summed E-state index contributed by atoms with van der Waals surface area (Å²) in [5.41, 5.74) is 3.69. The van der Waals surface area contributed by atoms with Gasteiger partial charge in [0.05, 0.1) is 6.54 Å². The van der Waals surface area contributed by atoms with Crippen LogP contribution in [0.25, 0.3) is 0 Å². The molecule has 136 valence electrons. The minimum Gasteiger partial charge on any atom is -0.356 e. The number of anilines is 2. The summed E-state index contributed by atoms with van der Waals surface area (Å²) in [7, 11) is 0. The Morgan fingerprint density at radius 3 is 2.48 bits per heavy atom. The summed E-state index contributed by atoms with van der Waals surface area (Å²) in [5, 5.41) is 3.36. The molecule has 1 saturated carbocycles. The van der Waals surface area contributed by atoms with Crippen molar-refractivity contribution in [3.8, 4) is 0 Å². The molecule has 4 nitrogen and oxygen atoms in total. The monoisotopic (exact) mass is 358 g/mol. The fraction of sp³-hybridized carbons (Fsp3) is 0.217. The van der Waals surface area contributed by atoms with E-state index in [4.69, 9.17) is 0 Å². The van der Waals surface area contributed by atoms with Crippen molar-refractivity contribution in [3.05, 3.63) is 94.4 Å². The van der Waals surface area contributed by atoms with Crippen LogP contribution in [0.2, 0.25) is 0 Å². The number of hydrogen-bond donors (Lipinski definition) is 1. The quantitative estimate of drug-likeness (QED) is 0.654. The fourth-order valence-corrected chi connectivity index (χ4v) is 3.30. The lowest BCUT2D eigenvalue weighted by Crippen LogP contribution is -2.21. The third-order valence-corrected chi connectivity index (χ3v) is 5.12. The van der Waals surface area contributed by atoms with Crippen molar-refractivity contribution in [2.24, 2.45) is 5.92 Å². The minimum atomic E-state index is -0.00681. The first-order chi connectivity index (χ1) is 13.2. The average molecular weight is 358 g/mol. The summed E-state index contributed by atoms with van der Waals surface area (Å²) in [6.07, 6.45) is 4.99. The Kier molecular flexibility index (Phi) is 4.88. The maximum absolute atomic E-state index is 12.4. The average Bonchev–Trinajstić information content (AvgIpc) is 2.64. The molecule has 0 bridgehead atoms. The number of aromatic nitrogens is 1. The van der Waals surface area contributed by atoms with E-state index in [1.165, 1.54) is 0 Å². The van der Waals surface area contributed by atoms with Crippen LogP contribution in [0.3, 0.4) is 0 Å². The van der Waals surface area contributed by atoms with Crippen LogP contribution in [0, 0.1) is 5.92 Å². The van der Waals surface area contributed by atoms with Gasteiger partial charge in [-0.25, -0.2) is 0 Å². The normalized spacial score (nSPS) is 13.8. The Bertz CT molecular complexity index is 1000. The van der Waals surface area contributed by atoms with E-state index in [1.807, 2.05) is 54.6 Å². The van der Waals surface area contributed by atoms with E-state index in [9.17, 15) is 9.59 Å². The molecule has 0 spiro atoms. The zero-order valence-corrected chi connectivity index (χ0v) is 15.1. The van der Waals surface area contributed by atoms with Crippen molar-refractivity contribution >= 4 is 17.2 Å². The van der Waals surface area contributed by atoms with Crippen LogP contribution < -0.4 is 10.9 Å². The second-order valence-electron chi connectivity index (χ2n) is 7.06. The molecule has 0 radical (unpaired) electrons. The highest BCUT2D eigenvalue weighted by molar-refractivity contribution is 5.99. The van der Waals surface area contributed by atoms with E-state index in [1.54, 1.807) is 22.9 Å². The maximum atomic E-state index is 12.4. The second-order valence-corrected chi connectivity index (χ2v) is 7.06. The molecule has 3 aromatic rings. The number of carbonyl (C=O) groups excluding carboxylic acids is 1. The standard InChI is InChI=1S/C23H22N2O2/c26-22-9-1-2-14-25(22)16-17-10-12-20(13-11-17)24-21-8-4-7-19(15-21)23(27)18-5-3-6-18/h1-2,4,7-15,18,24H,3,5-6,16H2. The van der Waals surface area contributed by atoms with E-state index in [2.05, 4.69) is 5.32 Å². The lowest BCUT2D eigenvalue weighted by Gasteiger charge is -2.24. The fourth-order valence-electron chi connectivity index (χ4n) is 3.30. The number of hydrogen-bond acceptors (Lipinski definition) is 3. The van der Waals surface area contributed by atoms with E-state index in [-0.39, 0.29) is 17.3 Å². The van der Waals surface area contributed by atoms with Crippen molar-refractivity contribution < 1.29 is 4.79 Å². The number of Topliss-reactive ketones (excluding diaryl/α,β-unsaturated/α-hetero) is 1. The van der Waals surface area contributed by atoms with Crippen molar-refractivity contribution in [1.29, 1.82) is 0 Å². The lowest BCUT2D eigenvalue weighted by atomic mass is 9.80. The van der Waals surface area contributed by atoms with Gasteiger partial charge in [-0.3, -0.25) is 9.59 Å². The van der Waals surface area contributed by atoms with Crippen molar-refractivity contribution in [3.63, 3.8) is 0 Å². The third kappa shape index (κ3) is 4.00. The highest BCUT2D eigenvalue weighted by Crippen LogP contribution is 2.30. The van der Waals surface area contributed by atoms with Crippen LogP contribution >= 0.6 is 0 Å². The van der Waals surface area contributed by atoms with Gasteiger partial charge in [-0.1, -0.05) is 36.8 Å². The van der Waals surface area contributed by atoms with Crippen LogP contribution in [0.1, 0.15) is 35.2 Å². The second kappa shape index (κ2) is 7.62. The van der Waals surface area contributed by atoms with Crippen LogP contribution in [0.15, 0.2) is 77.7 Å². The Balaban J connectivity index is 1.45. The minimum absolute atomic E-state index is 0.00681. The van der Waals surface area contributed by atoms with Gasteiger partial charge in [0, 0.05) is 35.1 Å². The topological polar surface area (TPSA) is 51.1 Å². The lowest BCUT2D eigenvalue weighted by molar-refractivity contribution is 0.0855. The van der Waals surface area contributed by atoms with Crippen molar-refractivity contribution in [2.45, 2.75) is 25.8 Å². The largest absolute Gasteiger partial charge is 0.356 e. The Morgan fingerprint density at radius 1 is 0.963 bits per heavy atom. The number of rotatable bonds is 6. The predicted octanol–water partition coefficient (Wildman–Crippen LogP) is 4.62. The first kappa shape index (κ1) is 17.3. The molecule has 1 fully saturated rings. The molecule has 1 aliphatic carbocycles. The molecule has 27 heavy (non-hydrogen) atoms. The molecule has 1 aromatic heterocycles. The molecule has 0 unspecified atom stereocenters. The summed E-state index contributed by atoms with van der Waals surface area (Å²) < 4.78 is 1.68. The molecule has 0 amide bonds. The van der Waals surface area contributed by atoms with Gasteiger partial charge in [-0.2, -0.15) is 0 Å². The summed E-state index contributed by atoms with van der Waals surface area (Å²) in [5.74, 6) is 0.467. The molecule has 1 aliphatic rings. The van der Waals surface area contributed by atoms with E-state index < -0.39 is 0 Å². The molecule has 4 heteroatoms. The van der Waals surface area contributed by atoms with Crippen LogP contribution in [-0.2, 0) is 6.54 Å². The highest BCUT2D eigenvalue weighted by Gasteiger charge is 2.26. The number of ketones is 1. The molecular weight excluding hydrogens is 336 g/mol. The molecule has 0 aliphatic heterocycles. The summed E-state index contributed by atoms with van der Waals surface area (Å²) in [4.78, 5) is 24.2. The zero-order valence-electron chi connectivity index (χ0n) is 15.1. The Morgan fingerprint density at radius 2 is 1.78 bits per heavy atom. The van der Waals surface area contributed by atoms with E-state index in [0.29, 0.717) is 6.54 Å². The van der Waals surface area contributed by atoms with Crippen LogP contribution in [0.5, 0.6) is 0 Å². The van der Waals surface area contributed by atoms with Crippen molar-refractivity contribution in [2.75, 3.05) is 5.32 Å². The maximum Gasteiger partial charge on any atom is 0.250 e. The number of carbonyl (C=O) groups is 1. The van der Waals surface area contributed by atoms with Gasteiger partial charge in [-0.05, 0) is 48.7 Å². The van der Waals surface area contributed by atoms with Crippen LogP contribution in [-0.4, -0.2) is 10.4 Å². The van der Waals surface area contributed by atoms with E-state index >= 15 is 0 Å². The molecule has 4 rings (SSSR count). The number of nitrogens with one attached hydrogen (secondary N) is 1. The molecule has 1 heterocycles. The molecule has 0 atom stereocenters. The van der Waals surface area contributed by atoms with Gasteiger partial charge < -0.3 is 9.88 Å². The number of pyridine rings is 1. The third-order valence-electron chi connectivity index (χ3n) is 5.12. The first-order valence-electron chi connectivity index (χ1n) is 9.35. The first-order valence-corrected chi connectivity index (χ1v) is 9.35. The summed E-state index contributed by atoms with van der Waals surface area (Å²) >= 11 is 0. The summed E-state index contributed by atoms with van der Waals surface area (Å²) in [6.45, 7) is 0.547. The van der Waals surface area contributed by atoms with Gasteiger partial charge in [0.1, 0.15) is 0 Å². The zero-order chi connectivity index (χ0) is 18.6. The highest BCUT2D eigenvalue weighted by atomic mass is 16.1. The van der Waals surface area contributed by atoms with Crippen molar-refractivity contribution in [1.82, 2.24) is 4.57 Å². The van der Waals surface area contributed by atoms with Gasteiger partial charge in [0.2, 0.25) is 0 Å². The van der Waals surface area contributed by atoms with Gasteiger partial charge in [0.25, 0.3) is 5.56 Å². The van der Waals surface area contributed by atoms with E-state index in [0.717, 1.165) is 41.8 Å². The smallest absolute Gasteiger partial charge is 0.250 e. The van der Waals surface area contributed by atoms with Crippen LogP contribution in [0.4, 0.5) is 11.4 Å². The number of nitrogens with zero attached hydrogens (tertiary/aromatic N) is 1. The van der Waals surface area contributed by atoms with Gasteiger partial charge in [0.15, 0.2) is 5.78 Å². The molecule has 2 aromatic carbocycles. The predicted molar refractivity (Wildman–Crippen MR) is 108 cm³/mol. The molecular formula is C23H22N2O2. The number of benzene rings is 2. The SMILES string of the molecule is O=C(c1cccc(Nc2ccc(Cn3ccccc3=O)cc2)c1)C1CCC1. The Labute approximate surface area is 158 Å². The van der Waals surface area contributed by atoms with Gasteiger partial charge in [-0.15, -0.1) is 0 Å². The summed E-state index contributed by atoms with van der Waals surface area (Å²) in [6, 6.07) is 20.9. The molecule has 0 saturated heterocycles.